The van der Waals surface area contributed by atoms with Crippen molar-refractivity contribution in [1.82, 2.24) is 0 Å². The molecule has 0 saturated carbocycles. The van der Waals surface area contributed by atoms with Crippen LogP contribution in [0.2, 0.25) is 0 Å². The maximum atomic E-state index is 11.8. The van der Waals surface area contributed by atoms with Crippen LogP contribution in [0.1, 0.15) is 71.6 Å². The summed E-state index contributed by atoms with van der Waals surface area (Å²) in [5.74, 6) is -2.05. The quantitative estimate of drug-likeness (QED) is 0.151. The Morgan fingerprint density at radius 2 is 1.35 bits per heavy atom. The van der Waals surface area contributed by atoms with Crippen LogP contribution in [0, 0.1) is 0 Å². The summed E-state index contributed by atoms with van der Waals surface area (Å²) in [5, 5.41) is -2.04. The van der Waals surface area contributed by atoms with Gasteiger partial charge in [0.05, 0.1) is 19.6 Å². The minimum atomic E-state index is -4.97. The van der Waals surface area contributed by atoms with Gasteiger partial charge in [-0.2, -0.15) is 0 Å². The molecular weight excluding hydrogens is 375 g/mol. The molecule has 150 valence electrons. The van der Waals surface area contributed by atoms with Gasteiger partial charge in [-0.05, 0) is 12.8 Å². The number of rotatable bonds is 14. The molecule has 0 bridgehead atoms. The van der Waals surface area contributed by atoms with Crippen molar-refractivity contribution in [2.45, 2.75) is 76.9 Å². The van der Waals surface area contributed by atoms with Crippen LogP contribution in [0.25, 0.3) is 0 Å². The van der Waals surface area contributed by atoms with E-state index in [1.54, 1.807) is 0 Å². The van der Waals surface area contributed by atoms with Gasteiger partial charge in [0, 0.05) is 0 Å². The second-order valence-electron chi connectivity index (χ2n) is 5.69. The molecule has 0 aliphatic heterocycles. The Morgan fingerprint density at radius 1 is 0.885 bits per heavy atom. The van der Waals surface area contributed by atoms with Crippen molar-refractivity contribution in [3.63, 3.8) is 0 Å². The van der Waals surface area contributed by atoms with E-state index in [4.69, 9.17) is 9.47 Å². The van der Waals surface area contributed by atoms with E-state index >= 15 is 0 Å². The number of hydrogen-bond donors (Lipinski definition) is 0. The number of unbranched alkanes of at least 4 members (excludes halogenated alkanes) is 6. The second-order valence-corrected chi connectivity index (χ2v) is 7.25. The van der Waals surface area contributed by atoms with Crippen molar-refractivity contribution in [1.29, 1.82) is 0 Å². The van der Waals surface area contributed by atoms with Crippen LogP contribution in [0.3, 0.4) is 0 Å². The fraction of sp³-hybridized carbons (Fsp3) is 0.875. The zero-order chi connectivity index (χ0) is 18.4. The number of hydrogen-bond acceptors (Lipinski definition) is 7. The molecule has 0 saturated heterocycles. The standard InChI is InChI=1S/C16H30O7S.Na.H2O/c1-3-5-7-9-11-22-15(17)13-14(24(19,20)21)16(18)23-12-10-8-6-4-2;;/h14H,3-13H2,1-2H3,(H,19,20,21);;1H2/q;+1;/p-1. The van der Waals surface area contributed by atoms with Crippen LogP contribution >= 0.6 is 0 Å². The summed E-state index contributed by atoms with van der Waals surface area (Å²) < 4.78 is 43.3. The normalized spacial score (nSPS) is 11.7. The van der Waals surface area contributed by atoms with Gasteiger partial charge in [-0.25, -0.2) is 8.42 Å². The number of carbonyl (C=O) groups is 2. The molecule has 8 nitrogen and oxygen atoms in total. The van der Waals surface area contributed by atoms with Gasteiger partial charge in [0.1, 0.15) is 10.1 Å². The number of esters is 2. The fourth-order valence-corrected chi connectivity index (χ4v) is 2.67. The van der Waals surface area contributed by atoms with Crippen LogP contribution in [0.4, 0.5) is 0 Å². The minimum Gasteiger partial charge on any atom is -0.747 e. The average Bonchev–Trinajstić information content (AvgIpc) is 2.51. The molecule has 1 unspecified atom stereocenters. The first-order valence-electron chi connectivity index (χ1n) is 8.59. The van der Waals surface area contributed by atoms with Crippen molar-refractivity contribution < 1.29 is 67.1 Å². The second kappa shape index (κ2) is 18.2. The fourth-order valence-electron chi connectivity index (χ4n) is 2.02. The first-order valence-corrected chi connectivity index (χ1v) is 10.1. The van der Waals surface area contributed by atoms with E-state index in [9.17, 15) is 22.6 Å². The Balaban J connectivity index is -0.00000264. The smallest absolute Gasteiger partial charge is 0.747 e. The van der Waals surface area contributed by atoms with E-state index < -0.39 is 33.7 Å². The van der Waals surface area contributed by atoms with Gasteiger partial charge in [0.15, 0.2) is 5.25 Å². The summed E-state index contributed by atoms with van der Waals surface area (Å²) in [5.41, 5.74) is 0. The van der Waals surface area contributed by atoms with Gasteiger partial charge in [-0.1, -0.05) is 52.4 Å². The molecule has 0 heterocycles. The van der Waals surface area contributed by atoms with Crippen molar-refractivity contribution in [3.8, 4) is 0 Å². The summed E-state index contributed by atoms with van der Waals surface area (Å²) in [6.07, 6.45) is 6.23. The zero-order valence-corrected chi connectivity index (χ0v) is 18.9. The third kappa shape index (κ3) is 16.0. The van der Waals surface area contributed by atoms with E-state index in [1.807, 2.05) is 13.8 Å². The summed E-state index contributed by atoms with van der Waals surface area (Å²) in [6, 6.07) is 0. The maximum absolute atomic E-state index is 11.8. The van der Waals surface area contributed by atoms with Crippen molar-refractivity contribution in [3.05, 3.63) is 0 Å². The topological polar surface area (TPSA) is 141 Å². The van der Waals surface area contributed by atoms with Gasteiger partial charge in [0.2, 0.25) is 0 Å². The monoisotopic (exact) mass is 406 g/mol. The van der Waals surface area contributed by atoms with Gasteiger partial charge < -0.3 is 19.5 Å². The molecule has 2 N–H and O–H groups in total. The molecule has 0 aliphatic carbocycles. The summed E-state index contributed by atoms with van der Waals surface area (Å²) in [6.45, 7) is 4.26. The Morgan fingerprint density at radius 3 is 1.77 bits per heavy atom. The SMILES string of the molecule is CCCCCCOC(=O)CC(C(=O)OCCCCCC)S(=O)(=O)[O-].O.[Na+]. The summed E-state index contributed by atoms with van der Waals surface area (Å²) >= 11 is 0. The summed E-state index contributed by atoms with van der Waals surface area (Å²) in [7, 11) is -4.97. The van der Waals surface area contributed by atoms with Crippen LogP contribution in [0.15, 0.2) is 0 Å². The number of ether oxygens (including phenoxy) is 2. The molecule has 0 fully saturated rings. The first-order chi connectivity index (χ1) is 11.3. The van der Waals surface area contributed by atoms with Gasteiger partial charge in [-0.15, -0.1) is 0 Å². The molecule has 0 amide bonds. The van der Waals surface area contributed by atoms with E-state index in [0.717, 1.165) is 38.5 Å². The molecular formula is C16H31NaO8S. The predicted octanol–water partition coefficient (Wildman–Crippen LogP) is -1.28. The largest absolute Gasteiger partial charge is 1.00 e. The molecule has 0 radical (unpaired) electrons. The molecule has 26 heavy (non-hydrogen) atoms. The van der Waals surface area contributed by atoms with E-state index in [2.05, 4.69) is 0 Å². The minimum absolute atomic E-state index is 0. The molecule has 1 atom stereocenters. The van der Waals surface area contributed by atoms with Gasteiger partial charge in [-0.3, -0.25) is 9.59 Å². The van der Waals surface area contributed by atoms with Crippen molar-refractivity contribution >= 4 is 22.1 Å². The Bertz CT molecular complexity index is 467. The van der Waals surface area contributed by atoms with Crippen molar-refractivity contribution in [2.75, 3.05) is 13.2 Å². The van der Waals surface area contributed by atoms with Crippen LogP contribution < -0.4 is 29.6 Å². The zero-order valence-electron chi connectivity index (χ0n) is 16.1. The maximum Gasteiger partial charge on any atom is 1.00 e. The third-order valence-electron chi connectivity index (χ3n) is 3.47. The van der Waals surface area contributed by atoms with Crippen molar-refractivity contribution in [2.24, 2.45) is 0 Å². The molecule has 0 aromatic heterocycles. The van der Waals surface area contributed by atoms with Crippen LogP contribution in [0.5, 0.6) is 0 Å². The van der Waals surface area contributed by atoms with Crippen LogP contribution in [-0.4, -0.2) is 48.8 Å². The third-order valence-corrected chi connectivity index (χ3v) is 4.52. The van der Waals surface area contributed by atoms with Crippen LogP contribution in [-0.2, 0) is 29.2 Å². The van der Waals surface area contributed by atoms with Gasteiger partial charge in [0.25, 0.3) is 0 Å². The predicted molar refractivity (Wildman–Crippen MR) is 91.9 cm³/mol. The summed E-state index contributed by atoms with van der Waals surface area (Å²) in [4.78, 5) is 23.4. The molecule has 0 spiro atoms. The Kier molecular flexibility index (Phi) is 21.4. The molecule has 0 aliphatic rings. The van der Waals surface area contributed by atoms with Gasteiger partial charge >= 0.3 is 41.5 Å². The van der Waals surface area contributed by atoms with E-state index in [-0.39, 0.29) is 48.2 Å². The average molecular weight is 406 g/mol. The molecule has 0 aromatic carbocycles. The molecule has 0 aromatic rings. The number of carbonyl (C=O) groups excluding carboxylic acids is 2. The molecule has 10 heteroatoms. The molecule has 0 rings (SSSR count). The Hall–Kier alpha value is -0.190. The van der Waals surface area contributed by atoms with E-state index in [0.29, 0.717) is 12.8 Å². The van der Waals surface area contributed by atoms with E-state index in [1.165, 1.54) is 0 Å². The first kappa shape index (κ1) is 30.5. The Labute approximate surface area is 178 Å².